The highest BCUT2D eigenvalue weighted by Crippen LogP contribution is 2.34. The van der Waals surface area contributed by atoms with Crippen molar-refractivity contribution < 1.29 is 37.0 Å². The molecule has 2 aromatic rings. The first-order valence-electron chi connectivity index (χ1n) is 11.1. The molecule has 1 amide bonds. The van der Waals surface area contributed by atoms with Crippen molar-refractivity contribution in [2.45, 2.75) is 30.6 Å². The molecule has 2 aromatic carbocycles. The SMILES string of the molecule is COC(=O)c1cc(OC)c(OC)cc1NC(=O)CCc1cc(S(=O)(=O)N2CCCC2)ccc1OC. The van der Waals surface area contributed by atoms with Gasteiger partial charge in [0.2, 0.25) is 15.9 Å². The highest BCUT2D eigenvalue weighted by atomic mass is 32.2. The number of hydrogen-bond acceptors (Lipinski definition) is 8. The number of nitrogens with one attached hydrogen (secondary N) is 1. The molecule has 35 heavy (non-hydrogen) atoms. The molecule has 0 radical (unpaired) electrons. The minimum Gasteiger partial charge on any atom is -0.496 e. The third-order valence-electron chi connectivity index (χ3n) is 5.78. The molecule has 0 aliphatic carbocycles. The van der Waals surface area contributed by atoms with E-state index in [9.17, 15) is 18.0 Å². The Morgan fingerprint density at radius 3 is 2.14 bits per heavy atom. The summed E-state index contributed by atoms with van der Waals surface area (Å²) in [5, 5.41) is 2.71. The van der Waals surface area contributed by atoms with Crippen molar-refractivity contribution in [2.24, 2.45) is 0 Å². The Labute approximate surface area is 205 Å². The Morgan fingerprint density at radius 2 is 1.54 bits per heavy atom. The van der Waals surface area contributed by atoms with Gasteiger partial charge in [-0.15, -0.1) is 0 Å². The van der Waals surface area contributed by atoms with Crippen LogP contribution in [0, 0.1) is 0 Å². The van der Waals surface area contributed by atoms with Crippen LogP contribution >= 0.6 is 0 Å². The number of anilines is 1. The lowest BCUT2D eigenvalue weighted by molar-refractivity contribution is -0.116. The summed E-state index contributed by atoms with van der Waals surface area (Å²) in [4.78, 5) is 25.2. The van der Waals surface area contributed by atoms with Crippen LogP contribution in [0.2, 0.25) is 0 Å². The molecule has 1 N–H and O–H groups in total. The lowest BCUT2D eigenvalue weighted by Crippen LogP contribution is -2.28. The first-order chi connectivity index (χ1) is 16.7. The summed E-state index contributed by atoms with van der Waals surface area (Å²) in [5.41, 5.74) is 0.898. The standard InChI is InChI=1S/C24H30N2O8S/c1-31-20-9-8-17(35(29,30)26-11-5-6-12-26)13-16(20)7-10-23(27)25-19-15-22(33-3)21(32-2)14-18(19)24(28)34-4/h8-9,13-15H,5-7,10-12H2,1-4H3,(H,25,27). The molecule has 1 heterocycles. The first kappa shape index (κ1) is 26.3. The van der Waals surface area contributed by atoms with E-state index in [0.717, 1.165) is 12.8 Å². The van der Waals surface area contributed by atoms with Crippen LogP contribution < -0.4 is 19.5 Å². The van der Waals surface area contributed by atoms with Gasteiger partial charge in [-0.05, 0) is 43.0 Å². The molecule has 1 aliphatic rings. The van der Waals surface area contributed by atoms with Crippen LogP contribution in [0.3, 0.4) is 0 Å². The van der Waals surface area contributed by atoms with E-state index in [4.69, 9.17) is 18.9 Å². The Bertz CT molecular complexity index is 1190. The number of esters is 1. The monoisotopic (exact) mass is 506 g/mol. The number of ether oxygens (including phenoxy) is 4. The van der Waals surface area contributed by atoms with Crippen molar-refractivity contribution in [1.82, 2.24) is 4.31 Å². The summed E-state index contributed by atoms with van der Waals surface area (Å²) >= 11 is 0. The fourth-order valence-electron chi connectivity index (χ4n) is 3.91. The summed E-state index contributed by atoms with van der Waals surface area (Å²) in [6.45, 7) is 1.000. The number of benzene rings is 2. The first-order valence-corrected chi connectivity index (χ1v) is 12.5. The number of rotatable bonds is 10. The van der Waals surface area contributed by atoms with E-state index in [2.05, 4.69) is 5.32 Å². The minimum absolute atomic E-state index is 0.0124. The Kier molecular flexibility index (Phi) is 8.57. The second-order valence-corrected chi connectivity index (χ2v) is 9.82. The van der Waals surface area contributed by atoms with Crippen LogP contribution in [-0.4, -0.2) is 66.1 Å². The van der Waals surface area contributed by atoms with Gasteiger partial charge in [-0.2, -0.15) is 4.31 Å². The summed E-state index contributed by atoms with van der Waals surface area (Å²) < 4.78 is 48.1. The molecule has 3 rings (SSSR count). The maximum Gasteiger partial charge on any atom is 0.340 e. The molecule has 0 atom stereocenters. The smallest absolute Gasteiger partial charge is 0.340 e. The van der Waals surface area contributed by atoms with Gasteiger partial charge in [-0.3, -0.25) is 4.79 Å². The van der Waals surface area contributed by atoms with Gasteiger partial charge in [0.15, 0.2) is 11.5 Å². The van der Waals surface area contributed by atoms with E-state index >= 15 is 0 Å². The van der Waals surface area contributed by atoms with E-state index in [-0.39, 0.29) is 29.0 Å². The van der Waals surface area contributed by atoms with E-state index in [1.54, 1.807) is 12.1 Å². The zero-order valence-corrected chi connectivity index (χ0v) is 21.1. The lowest BCUT2D eigenvalue weighted by atomic mass is 10.1. The normalized spacial score (nSPS) is 13.8. The second-order valence-electron chi connectivity index (χ2n) is 7.88. The molecule has 11 heteroatoms. The van der Waals surface area contributed by atoms with Crippen molar-refractivity contribution in [1.29, 1.82) is 0 Å². The number of carbonyl (C=O) groups excluding carboxylic acids is 2. The largest absolute Gasteiger partial charge is 0.496 e. The van der Waals surface area contributed by atoms with Gasteiger partial charge < -0.3 is 24.3 Å². The molecule has 0 saturated carbocycles. The fourth-order valence-corrected chi connectivity index (χ4v) is 5.48. The summed E-state index contributed by atoms with van der Waals surface area (Å²) in [6, 6.07) is 7.57. The van der Waals surface area contributed by atoms with E-state index < -0.39 is 21.9 Å². The van der Waals surface area contributed by atoms with Crippen molar-refractivity contribution in [3.63, 3.8) is 0 Å². The number of methoxy groups -OCH3 is 4. The Morgan fingerprint density at radius 1 is 0.914 bits per heavy atom. The topological polar surface area (TPSA) is 120 Å². The average molecular weight is 507 g/mol. The number of aryl methyl sites for hydroxylation is 1. The van der Waals surface area contributed by atoms with Crippen molar-refractivity contribution >= 4 is 27.6 Å². The maximum absolute atomic E-state index is 12.9. The van der Waals surface area contributed by atoms with Gasteiger partial charge in [-0.25, -0.2) is 13.2 Å². The highest BCUT2D eigenvalue weighted by molar-refractivity contribution is 7.89. The zero-order chi connectivity index (χ0) is 25.6. The predicted molar refractivity (Wildman–Crippen MR) is 129 cm³/mol. The van der Waals surface area contributed by atoms with Crippen molar-refractivity contribution in [2.75, 3.05) is 46.8 Å². The molecule has 1 aliphatic heterocycles. The molecular weight excluding hydrogens is 476 g/mol. The van der Waals surface area contributed by atoms with Crippen LogP contribution in [0.25, 0.3) is 0 Å². The van der Waals surface area contributed by atoms with Crippen LogP contribution in [0.4, 0.5) is 5.69 Å². The summed E-state index contributed by atoms with van der Waals surface area (Å²) in [7, 11) is 1.99. The minimum atomic E-state index is -3.61. The molecule has 0 unspecified atom stereocenters. The van der Waals surface area contributed by atoms with Gasteiger partial charge in [-0.1, -0.05) is 0 Å². The molecule has 190 valence electrons. The van der Waals surface area contributed by atoms with E-state index in [0.29, 0.717) is 35.9 Å². The number of nitrogens with zero attached hydrogens (tertiary/aromatic N) is 1. The quantitative estimate of drug-likeness (QED) is 0.489. The summed E-state index contributed by atoms with van der Waals surface area (Å²) in [5.74, 6) is 0.0862. The van der Waals surface area contributed by atoms with Crippen LogP contribution in [0.1, 0.15) is 35.2 Å². The molecule has 0 bridgehead atoms. The van der Waals surface area contributed by atoms with Crippen LogP contribution in [0.5, 0.6) is 17.2 Å². The molecule has 0 spiro atoms. The molecule has 1 fully saturated rings. The van der Waals surface area contributed by atoms with Crippen LogP contribution in [0.15, 0.2) is 35.2 Å². The molecule has 1 saturated heterocycles. The van der Waals surface area contributed by atoms with E-state index in [1.807, 2.05) is 0 Å². The Balaban J connectivity index is 1.80. The van der Waals surface area contributed by atoms with Gasteiger partial charge >= 0.3 is 5.97 Å². The molecule has 10 nitrogen and oxygen atoms in total. The third-order valence-corrected chi connectivity index (χ3v) is 7.67. The maximum atomic E-state index is 12.9. The van der Waals surface area contributed by atoms with Gasteiger partial charge in [0, 0.05) is 31.6 Å². The van der Waals surface area contributed by atoms with Gasteiger partial charge in [0.25, 0.3) is 0 Å². The fraction of sp³-hybridized carbons (Fsp3) is 0.417. The number of carbonyl (C=O) groups is 2. The average Bonchev–Trinajstić information content (AvgIpc) is 3.42. The number of sulfonamides is 1. The third kappa shape index (κ3) is 5.85. The second kappa shape index (κ2) is 11.4. The van der Waals surface area contributed by atoms with Crippen molar-refractivity contribution in [3.05, 3.63) is 41.5 Å². The van der Waals surface area contributed by atoms with E-state index in [1.165, 1.54) is 50.9 Å². The molecule has 0 aromatic heterocycles. The molecular formula is C24H30N2O8S. The zero-order valence-electron chi connectivity index (χ0n) is 20.3. The predicted octanol–water partition coefficient (Wildman–Crippen LogP) is 2.85. The van der Waals surface area contributed by atoms with Crippen molar-refractivity contribution in [3.8, 4) is 17.2 Å². The van der Waals surface area contributed by atoms with Crippen LogP contribution in [-0.2, 0) is 26.0 Å². The number of amides is 1. The van der Waals surface area contributed by atoms with Gasteiger partial charge in [0.05, 0.1) is 44.6 Å². The highest BCUT2D eigenvalue weighted by Gasteiger charge is 2.28. The number of hydrogen-bond donors (Lipinski definition) is 1. The van der Waals surface area contributed by atoms with Gasteiger partial charge in [0.1, 0.15) is 5.75 Å². The Hall–Kier alpha value is -3.31. The lowest BCUT2D eigenvalue weighted by Gasteiger charge is -2.17. The summed E-state index contributed by atoms with van der Waals surface area (Å²) in [6.07, 6.45) is 1.91.